The Labute approximate surface area is 163 Å². The molecule has 0 rings (SSSR count). The molecule has 27 heavy (non-hydrogen) atoms. The van der Waals surface area contributed by atoms with Crippen molar-refractivity contribution in [3.63, 3.8) is 0 Å². The first-order chi connectivity index (χ1) is 12.4. The molecule has 1 amide bonds. The van der Waals surface area contributed by atoms with E-state index in [0.717, 1.165) is 19.3 Å². The molecule has 7 heteroatoms. The third-order valence-corrected chi connectivity index (χ3v) is 3.97. The average molecular weight is 388 g/mol. The molecule has 0 aromatic rings. The minimum atomic E-state index is -1.02. The van der Waals surface area contributed by atoms with Crippen molar-refractivity contribution in [1.82, 2.24) is 5.32 Å². The number of carbonyl (C=O) groups is 3. The van der Waals surface area contributed by atoms with Crippen molar-refractivity contribution < 1.29 is 29.0 Å². The zero-order chi connectivity index (χ0) is 21.2. The number of rotatable bonds is 11. The van der Waals surface area contributed by atoms with E-state index in [-0.39, 0.29) is 18.3 Å². The maximum Gasteiger partial charge on any atom is 0.408 e. The second-order valence-electron chi connectivity index (χ2n) is 8.52. The van der Waals surface area contributed by atoms with Crippen LogP contribution in [-0.4, -0.2) is 40.9 Å². The highest BCUT2D eigenvalue weighted by molar-refractivity contribution is 5.81. The number of aliphatic carboxylic acids is 1. The number of amides is 1. The lowest BCUT2D eigenvalue weighted by molar-refractivity contribution is -0.158. The van der Waals surface area contributed by atoms with Gasteiger partial charge in [-0.25, -0.2) is 9.59 Å². The molecule has 0 aliphatic carbocycles. The van der Waals surface area contributed by atoms with Crippen LogP contribution in [0.3, 0.4) is 0 Å². The third-order valence-electron chi connectivity index (χ3n) is 3.97. The molecule has 0 radical (unpaired) electrons. The number of carbonyl (C=O) groups excluding carboxylic acids is 2. The maximum atomic E-state index is 12.7. The summed E-state index contributed by atoms with van der Waals surface area (Å²) in [7, 11) is 0. The summed E-state index contributed by atoms with van der Waals surface area (Å²) >= 11 is 0. The molecule has 1 unspecified atom stereocenters. The zero-order valence-electron chi connectivity index (χ0n) is 17.8. The van der Waals surface area contributed by atoms with Gasteiger partial charge in [0.25, 0.3) is 0 Å². The highest BCUT2D eigenvalue weighted by atomic mass is 16.6. The highest BCUT2D eigenvalue weighted by Crippen LogP contribution is 2.20. The fraction of sp³-hybridized carbons (Fsp3) is 0.850. The summed E-state index contributed by atoms with van der Waals surface area (Å²) in [5, 5.41) is 11.7. The van der Waals surface area contributed by atoms with Gasteiger partial charge in [-0.05, 0) is 45.4 Å². The van der Waals surface area contributed by atoms with Crippen molar-refractivity contribution in [2.75, 3.05) is 0 Å². The van der Waals surface area contributed by atoms with Crippen LogP contribution in [0, 0.1) is 11.8 Å². The van der Waals surface area contributed by atoms with Gasteiger partial charge in [0, 0.05) is 0 Å². The van der Waals surface area contributed by atoms with E-state index in [4.69, 9.17) is 14.6 Å². The SMILES string of the molecule is CCCC[C@H](C)[C@H](CC(=O)O)OC(=O)C(CC(C)C)NC(=O)OC(C)(C)C. The van der Waals surface area contributed by atoms with Crippen LogP contribution in [0.2, 0.25) is 0 Å². The quantitative estimate of drug-likeness (QED) is 0.517. The first-order valence-electron chi connectivity index (χ1n) is 9.77. The van der Waals surface area contributed by atoms with Gasteiger partial charge in [0.15, 0.2) is 0 Å². The molecule has 3 atom stereocenters. The normalized spacial score (nSPS) is 15.0. The molecule has 0 aromatic carbocycles. The highest BCUT2D eigenvalue weighted by Gasteiger charge is 2.31. The lowest BCUT2D eigenvalue weighted by Gasteiger charge is -2.27. The van der Waals surface area contributed by atoms with Crippen LogP contribution < -0.4 is 5.32 Å². The number of ether oxygens (including phenoxy) is 2. The fourth-order valence-corrected chi connectivity index (χ4v) is 2.61. The number of alkyl carbamates (subject to hydrolysis) is 1. The van der Waals surface area contributed by atoms with Crippen molar-refractivity contribution in [2.45, 2.75) is 98.3 Å². The van der Waals surface area contributed by atoms with Gasteiger partial charge in [0.2, 0.25) is 0 Å². The van der Waals surface area contributed by atoms with Gasteiger partial charge in [0.05, 0.1) is 6.42 Å². The molecule has 0 aliphatic heterocycles. The monoisotopic (exact) mass is 387 g/mol. The number of hydrogen-bond donors (Lipinski definition) is 2. The Hall–Kier alpha value is -1.79. The van der Waals surface area contributed by atoms with Crippen LogP contribution in [-0.2, 0) is 19.1 Å². The van der Waals surface area contributed by atoms with Gasteiger partial charge in [-0.1, -0.05) is 40.5 Å². The molecule has 0 aromatic heterocycles. The first-order valence-corrected chi connectivity index (χ1v) is 9.77. The largest absolute Gasteiger partial charge is 0.481 e. The van der Waals surface area contributed by atoms with E-state index in [2.05, 4.69) is 5.32 Å². The minimum Gasteiger partial charge on any atom is -0.481 e. The molecule has 0 heterocycles. The van der Waals surface area contributed by atoms with Crippen molar-refractivity contribution >= 4 is 18.0 Å². The molecule has 2 N–H and O–H groups in total. The van der Waals surface area contributed by atoms with Crippen molar-refractivity contribution in [3.8, 4) is 0 Å². The molecule has 158 valence electrons. The van der Waals surface area contributed by atoms with Crippen molar-refractivity contribution in [1.29, 1.82) is 0 Å². The molecular weight excluding hydrogens is 350 g/mol. The summed E-state index contributed by atoms with van der Waals surface area (Å²) < 4.78 is 10.7. The van der Waals surface area contributed by atoms with Crippen LogP contribution in [0.5, 0.6) is 0 Å². The van der Waals surface area contributed by atoms with Gasteiger partial charge in [-0.2, -0.15) is 0 Å². The standard InChI is InChI=1S/C20H37NO6/c1-8-9-10-14(4)16(12-17(22)23)26-18(24)15(11-13(2)3)21-19(25)27-20(5,6)7/h13-16H,8-12H2,1-7H3,(H,21,25)(H,22,23)/t14-,15?,16-/m0/s1. The Kier molecular flexibility index (Phi) is 11.0. The molecular formula is C20H37NO6. The molecule has 0 spiro atoms. The molecule has 0 aliphatic rings. The smallest absolute Gasteiger partial charge is 0.408 e. The lowest BCUT2D eigenvalue weighted by Crippen LogP contribution is -2.46. The number of nitrogens with one attached hydrogen (secondary N) is 1. The average Bonchev–Trinajstić information content (AvgIpc) is 2.48. The zero-order valence-corrected chi connectivity index (χ0v) is 17.8. The van der Waals surface area contributed by atoms with Gasteiger partial charge in [0.1, 0.15) is 17.7 Å². The number of carboxylic acid groups (broad SMARTS) is 1. The summed E-state index contributed by atoms with van der Waals surface area (Å²) in [6.07, 6.45) is 1.39. The van der Waals surface area contributed by atoms with Crippen LogP contribution in [0.15, 0.2) is 0 Å². The second-order valence-corrected chi connectivity index (χ2v) is 8.52. The Morgan fingerprint density at radius 1 is 1.11 bits per heavy atom. The summed E-state index contributed by atoms with van der Waals surface area (Å²) in [5.41, 5.74) is -0.684. The predicted molar refractivity (Wildman–Crippen MR) is 103 cm³/mol. The fourth-order valence-electron chi connectivity index (χ4n) is 2.61. The van der Waals surface area contributed by atoms with E-state index in [0.29, 0.717) is 6.42 Å². The second kappa shape index (κ2) is 11.8. The van der Waals surface area contributed by atoms with E-state index >= 15 is 0 Å². The Balaban J connectivity index is 5.13. The summed E-state index contributed by atoms with van der Waals surface area (Å²) in [5.74, 6) is -1.58. The van der Waals surface area contributed by atoms with Crippen molar-refractivity contribution in [3.05, 3.63) is 0 Å². The summed E-state index contributed by atoms with van der Waals surface area (Å²) in [6, 6.07) is -0.880. The summed E-state index contributed by atoms with van der Waals surface area (Å²) in [6.45, 7) is 13.0. The van der Waals surface area contributed by atoms with E-state index in [1.165, 1.54) is 0 Å². The Morgan fingerprint density at radius 3 is 2.15 bits per heavy atom. The first kappa shape index (κ1) is 25.2. The van der Waals surface area contributed by atoms with E-state index in [1.807, 2.05) is 27.7 Å². The van der Waals surface area contributed by atoms with Gasteiger partial charge >= 0.3 is 18.0 Å². The maximum absolute atomic E-state index is 12.7. The van der Waals surface area contributed by atoms with Crippen LogP contribution in [0.4, 0.5) is 4.79 Å². The van der Waals surface area contributed by atoms with Crippen LogP contribution in [0.1, 0.15) is 80.6 Å². The molecule has 0 saturated heterocycles. The number of unbranched alkanes of at least 4 members (excludes halogenated alkanes) is 1. The molecule has 7 nitrogen and oxygen atoms in total. The topological polar surface area (TPSA) is 102 Å². The lowest BCUT2D eigenvalue weighted by atomic mass is 9.95. The number of carboxylic acids is 1. The van der Waals surface area contributed by atoms with Gasteiger partial charge in [-0.3, -0.25) is 4.79 Å². The van der Waals surface area contributed by atoms with Gasteiger partial charge in [-0.15, -0.1) is 0 Å². The number of esters is 1. The molecule has 0 fully saturated rings. The molecule has 0 bridgehead atoms. The van der Waals surface area contributed by atoms with Gasteiger partial charge < -0.3 is 19.9 Å². The van der Waals surface area contributed by atoms with E-state index < -0.39 is 35.8 Å². The third kappa shape index (κ3) is 12.3. The minimum absolute atomic E-state index is 0.0776. The molecule has 0 saturated carbocycles. The van der Waals surface area contributed by atoms with E-state index in [1.54, 1.807) is 20.8 Å². The van der Waals surface area contributed by atoms with Crippen LogP contribution >= 0.6 is 0 Å². The van der Waals surface area contributed by atoms with Crippen molar-refractivity contribution in [2.24, 2.45) is 11.8 Å². The Bertz CT molecular complexity index is 483. The van der Waals surface area contributed by atoms with E-state index in [9.17, 15) is 14.4 Å². The summed E-state index contributed by atoms with van der Waals surface area (Å²) in [4.78, 5) is 35.9. The Morgan fingerprint density at radius 2 is 1.70 bits per heavy atom. The number of hydrogen-bond acceptors (Lipinski definition) is 5. The predicted octanol–water partition coefficient (Wildman–Crippen LogP) is 4.14. The van der Waals surface area contributed by atoms with Crippen LogP contribution in [0.25, 0.3) is 0 Å².